The highest BCUT2D eigenvalue weighted by Crippen LogP contribution is 2.33. The first-order chi connectivity index (χ1) is 6.48. The van der Waals surface area contributed by atoms with Crippen molar-refractivity contribution in [2.45, 2.75) is 6.18 Å². The van der Waals surface area contributed by atoms with Crippen molar-refractivity contribution in [3.8, 4) is 0 Å². The molecule has 0 spiro atoms. The molecule has 0 aliphatic rings. The molecule has 0 amide bonds. The number of fused-ring (bicyclic) bond motifs is 1. The average molecular weight is 220 g/mol. The van der Waals surface area contributed by atoms with Crippen LogP contribution in [0.5, 0.6) is 0 Å². The van der Waals surface area contributed by atoms with Crippen LogP contribution in [0.3, 0.4) is 0 Å². The first kappa shape index (κ1) is 9.33. The van der Waals surface area contributed by atoms with Gasteiger partial charge >= 0.3 is 6.18 Å². The van der Waals surface area contributed by atoms with Crippen molar-refractivity contribution < 1.29 is 13.2 Å². The van der Waals surface area contributed by atoms with E-state index in [2.05, 4.69) is 16.3 Å². The maximum atomic E-state index is 12.3. The van der Waals surface area contributed by atoms with Crippen LogP contribution in [0.2, 0.25) is 5.02 Å². The van der Waals surface area contributed by atoms with Crippen LogP contribution in [0.15, 0.2) is 12.1 Å². The fraction of sp³-hybridized carbons (Fsp3) is 0.125. The highest BCUT2D eigenvalue weighted by molar-refractivity contribution is 6.35. The minimum atomic E-state index is -4.40. The van der Waals surface area contributed by atoms with Gasteiger partial charge in [0.05, 0.1) is 16.1 Å². The Bertz CT molecular complexity index is 475. The SMILES string of the molecule is FC(F)(F)c1cc(Cl)c2n[c][nH]c2c1. The Hall–Kier alpha value is -1.23. The second-order valence-electron chi connectivity index (χ2n) is 2.70. The fourth-order valence-corrected chi connectivity index (χ4v) is 1.38. The molecule has 0 fully saturated rings. The molecule has 0 aliphatic heterocycles. The molecule has 1 radical (unpaired) electrons. The zero-order chi connectivity index (χ0) is 10.3. The van der Waals surface area contributed by atoms with Crippen molar-refractivity contribution in [3.05, 3.63) is 29.0 Å². The second kappa shape index (κ2) is 2.88. The molecule has 0 saturated carbocycles. The summed E-state index contributed by atoms with van der Waals surface area (Å²) in [5.41, 5.74) is -0.280. The molecule has 6 heteroatoms. The molecule has 2 rings (SSSR count). The van der Waals surface area contributed by atoms with Crippen molar-refractivity contribution in [1.82, 2.24) is 9.97 Å². The molecule has 2 aromatic rings. The van der Waals surface area contributed by atoms with E-state index in [4.69, 9.17) is 11.6 Å². The van der Waals surface area contributed by atoms with Gasteiger partial charge in [0.2, 0.25) is 0 Å². The summed E-state index contributed by atoms with van der Waals surface area (Å²) < 4.78 is 36.9. The maximum absolute atomic E-state index is 12.3. The number of nitrogens with one attached hydrogen (secondary N) is 1. The van der Waals surface area contributed by atoms with E-state index in [-0.39, 0.29) is 10.5 Å². The lowest BCUT2D eigenvalue weighted by Crippen LogP contribution is -2.04. The van der Waals surface area contributed by atoms with Crippen LogP contribution < -0.4 is 0 Å². The van der Waals surface area contributed by atoms with Gasteiger partial charge in [0, 0.05) is 0 Å². The molecule has 0 bridgehead atoms. The molecular weight excluding hydrogens is 217 g/mol. The minimum Gasteiger partial charge on any atom is -0.335 e. The number of alkyl halides is 3. The van der Waals surface area contributed by atoms with Crippen LogP contribution in [0.4, 0.5) is 13.2 Å². The number of nitrogens with zero attached hydrogens (tertiary/aromatic N) is 1. The largest absolute Gasteiger partial charge is 0.416 e. The number of H-pyrrole nitrogens is 1. The Morgan fingerprint density at radius 2 is 2.07 bits per heavy atom. The number of aromatic amines is 1. The highest BCUT2D eigenvalue weighted by atomic mass is 35.5. The second-order valence-corrected chi connectivity index (χ2v) is 3.11. The van der Waals surface area contributed by atoms with Crippen molar-refractivity contribution >= 4 is 22.6 Å². The number of halogens is 4. The van der Waals surface area contributed by atoms with Gasteiger partial charge in [0.25, 0.3) is 0 Å². The Labute approximate surface area is 81.7 Å². The van der Waals surface area contributed by atoms with Gasteiger partial charge in [-0.1, -0.05) is 11.6 Å². The molecule has 1 aromatic carbocycles. The number of benzene rings is 1. The normalized spacial score (nSPS) is 12.3. The Balaban J connectivity index is 2.70. The summed E-state index contributed by atoms with van der Waals surface area (Å²) in [7, 11) is 0. The molecule has 1 aromatic heterocycles. The van der Waals surface area contributed by atoms with Gasteiger partial charge < -0.3 is 4.98 Å². The first-order valence-corrected chi connectivity index (χ1v) is 3.99. The summed E-state index contributed by atoms with van der Waals surface area (Å²) in [5, 5.41) is -0.0349. The fourth-order valence-electron chi connectivity index (χ4n) is 1.12. The van der Waals surface area contributed by atoms with Crippen LogP contribution in [-0.4, -0.2) is 9.97 Å². The number of imidazole rings is 1. The van der Waals surface area contributed by atoms with E-state index < -0.39 is 11.7 Å². The molecule has 2 nitrogen and oxygen atoms in total. The Morgan fingerprint density at radius 1 is 1.36 bits per heavy atom. The van der Waals surface area contributed by atoms with Crippen LogP contribution in [0.25, 0.3) is 11.0 Å². The summed E-state index contributed by atoms with van der Waals surface area (Å²) in [6.07, 6.45) is -2.07. The topological polar surface area (TPSA) is 28.7 Å². The lowest BCUT2D eigenvalue weighted by molar-refractivity contribution is -0.137. The molecule has 1 heterocycles. The smallest absolute Gasteiger partial charge is 0.335 e. The third-order valence-electron chi connectivity index (χ3n) is 1.75. The lowest BCUT2D eigenvalue weighted by atomic mass is 10.2. The van der Waals surface area contributed by atoms with E-state index in [0.717, 1.165) is 12.1 Å². The third-order valence-corrected chi connectivity index (χ3v) is 2.04. The summed E-state index contributed by atoms with van der Waals surface area (Å²) in [6.45, 7) is 0. The number of aromatic nitrogens is 2. The number of rotatable bonds is 0. The van der Waals surface area contributed by atoms with Crippen LogP contribution in [0.1, 0.15) is 5.56 Å². The molecule has 73 valence electrons. The molecule has 14 heavy (non-hydrogen) atoms. The predicted octanol–water partition coefficient (Wildman–Crippen LogP) is 3.04. The summed E-state index contributed by atoms with van der Waals surface area (Å²) in [5.74, 6) is 0. The van der Waals surface area contributed by atoms with Gasteiger partial charge in [0.1, 0.15) is 5.52 Å². The van der Waals surface area contributed by atoms with E-state index in [1.807, 2.05) is 0 Å². The quantitative estimate of drug-likeness (QED) is 0.725. The summed E-state index contributed by atoms with van der Waals surface area (Å²) in [6, 6.07) is 1.79. The first-order valence-electron chi connectivity index (χ1n) is 3.61. The standard InChI is InChI=1S/C8H3ClF3N2/c9-5-1-4(8(10,11)12)2-6-7(5)14-3-13-6/h1-2H,(H,13,14). The number of hydrogen-bond donors (Lipinski definition) is 1. The molecule has 0 unspecified atom stereocenters. The van der Waals surface area contributed by atoms with Gasteiger partial charge in [-0.25, -0.2) is 4.98 Å². The third kappa shape index (κ3) is 1.43. The van der Waals surface area contributed by atoms with Gasteiger partial charge in [-0.15, -0.1) is 0 Å². The summed E-state index contributed by atoms with van der Waals surface area (Å²) >= 11 is 5.61. The van der Waals surface area contributed by atoms with E-state index in [1.54, 1.807) is 0 Å². The molecule has 1 N–H and O–H groups in total. The molecule has 0 saturated heterocycles. The van der Waals surface area contributed by atoms with Crippen molar-refractivity contribution in [1.29, 1.82) is 0 Å². The van der Waals surface area contributed by atoms with Gasteiger partial charge in [0.15, 0.2) is 6.33 Å². The zero-order valence-electron chi connectivity index (χ0n) is 6.61. The van der Waals surface area contributed by atoms with Gasteiger partial charge in [-0.2, -0.15) is 13.2 Å². The lowest BCUT2D eigenvalue weighted by Gasteiger charge is -2.06. The van der Waals surface area contributed by atoms with Gasteiger partial charge in [-0.3, -0.25) is 0 Å². The van der Waals surface area contributed by atoms with Gasteiger partial charge in [-0.05, 0) is 12.1 Å². The Morgan fingerprint density at radius 3 is 2.71 bits per heavy atom. The highest BCUT2D eigenvalue weighted by Gasteiger charge is 2.31. The van der Waals surface area contributed by atoms with Crippen LogP contribution >= 0.6 is 11.6 Å². The van der Waals surface area contributed by atoms with E-state index in [9.17, 15) is 13.2 Å². The number of hydrogen-bond acceptors (Lipinski definition) is 1. The molecule has 0 aliphatic carbocycles. The predicted molar refractivity (Wildman–Crippen MR) is 44.9 cm³/mol. The zero-order valence-corrected chi connectivity index (χ0v) is 7.37. The maximum Gasteiger partial charge on any atom is 0.416 e. The van der Waals surface area contributed by atoms with E-state index >= 15 is 0 Å². The Kier molecular flexibility index (Phi) is 1.92. The van der Waals surface area contributed by atoms with Crippen molar-refractivity contribution in [2.75, 3.05) is 0 Å². The van der Waals surface area contributed by atoms with Crippen molar-refractivity contribution in [2.24, 2.45) is 0 Å². The minimum absolute atomic E-state index is 0.0349. The molecular formula is C8H3ClF3N2. The average Bonchev–Trinajstić information content (AvgIpc) is 2.50. The molecule has 0 atom stereocenters. The van der Waals surface area contributed by atoms with Crippen LogP contribution in [0, 0.1) is 6.33 Å². The van der Waals surface area contributed by atoms with E-state index in [1.165, 1.54) is 0 Å². The van der Waals surface area contributed by atoms with Crippen molar-refractivity contribution in [3.63, 3.8) is 0 Å². The van der Waals surface area contributed by atoms with Crippen LogP contribution in [-0.2, 0) is 6.18 Å². The van der Waals surface area contributed by atoms with E-state index in [0.29, 0.717) is 5.52 Å². The monoisotopic (exact) mass is 219 g/mol. The summed E-state index contributed by atoms with van der Waals surface area (Å²) in [4.78, 5) is 6.11.